The summed E-state index contributed by atoms with van der Waals surface area (Å²) in [5.41, 5.74) is 3.96. The van der Waals surface area contributed by atoms with E-state index in [2.05, 4.69) is 22.4 Å². The van der Waals surface area contributed by atoms with Crippen LogP contribution in [0.1, 0.15) is 29.3 Å². The topological polar surface area (TPSA) is 76.3 Å². The number of thiophene rings is 1. The fraction of sp³-hybridized carbons (Fsp3) is 0.300. The number of hydrogen-bond donors (Lipinski definition) is 1. The Morgan fingerprint density at radius 1 is 1.45 bits per heavy atom. The largest absolute Gasteiger partial charge is 0.289 e. The van der Waals surface area contributed by atoms with E-state index in [4.69, 9.17) is 23.2 Å². The predicted molar refractivity (Wildman–Crippen MR) is 117 cm³/mol. The number of nitrogens with one attached hydrogen (secondary N) is 1. The number of halogens is 2. The maximum Gasteiger partial charge on any atom is 0.262 e. The van der Waals surface area contributed by atoms with Gasteiger partial charge in [-0.3, -0.25) is 14.2 Å². The van der Waals surface area contributed by atoms with Crippen molar-refractivity contribution in [1.29, 1.82) is 0 Å². The Hall–Kier alpha value is -2.22. The van der Waals surface area contributed by atoms with Gasteiger partial charge in [-0.25, -0.2) is 10.4 Å². The van der Waals surface area contributed by atoms with E-state index in [9.17, 15) is 9.59 Å². The van der Waals surface area contributed by atoms with Crippen LogP contribution in [0, 0.1) is 5.92 Å². The first-order chi connectivity index (χ1) is 13.9. The Morgan fingerprint density at radius 3 is 3.07 bits per heavy atom. The van der Waals surface area contributed by atoms with Crippen molar-refractivity contribution < 1.29 is 4.79 Å². The number of benzene rings is 1. The van der Waals surface area contributed by atoms with Crippen LogP contribution in [0.3, 0.4) is 0 Å². The number of aryl methyl sites for hydroxylation is 1. The van der Waals surface area contributed by atoms with Gasteiger partial charge in [0.2, 0.25) is 0 Å². The Morgan fingerprint density at radius 2 is 2.28 bits per heavy atom. The second-order valence-corrected chi connectivity index (χ2v) is 9.10. The lowest BCUT2D eigenvalue weighted by atomic mass is 9.89. The SMILES string of the molecule is C[C@@H]1CCc2c(sc3ncn(CC(=O)N/N=C\c4ccc(Cl)cc4Cl)c(=O)c23)C1. The maximum atomic E-state index is 12.9. The van der Waals surface area contributed by atoms with E-state index in [1.165, 1.54) is 22.0 Å². The molecule has 0 spiro atoms. The van der Waals surface area contributed by atoms with Crippen molar-refractivity contribution in [2.45, 2.75) is 32.7 Å². The Bertz CT molecular complexity index is 1190. The molecule has 2 heterocycles. The minimum atomic E-state index is -0.424. The third-order valence-electron chi connectivity index (χ3n) is 4.95. The number of carbonyl (C=O) groups excluding carboxylic acids is 1. The molecule has 1 aliphatic rings. The van der Waals surface area contributed by atoms with Crippen molar-refractivity contribution in [1.82, 2.24) is 15.0 Å². The second-order valence-electron chi connectivity index (χ2n) is 7.17. The minimum absolute atomic E-state index is 0.158. The lowest BCUT2D eigenvalue weighted by Crippen LogP contribution is -2.30. The van der Waals surface area contributed by atoms with Crippen molar-refractivity contribution in [3.05, 3.63) is 60.9 Å². The van der Waals surface area contributed by atoms with Crippen molar-refractivity contribution in [3.8, 4) is 0 Å². The van der Waals surface area contributed by atoms with E-state index in [0.29, 0.717) is 26.9 Å². The zero-order chi connectivity index (χ0) is 20.5. The number of hydrogen-bond acceptors (Lipinski definition) is 5. The first-order valence-corrected chi connectivity index (χ1v) is 10.8. The van der Waals surface area contributed by atoms with Gasteiger partial charge in [-0.1, -0.05) is 36.2 Å². The summed E-state index contributed by atoms with van der Waals surface area (Å²) in [7, 11) is 0. The Labute approximate surface area is 181 Å². The van der Waals surface area contributed by atoms with Gasteiger partial charge in [-0.2, -0.15) is 5.10 Å². The molecule has 0 radical (unpaired) electrons. The highest BCUT2D eigenvalue weighted by atomic mass is 35.5. The summed E-state index contributed by atoms with van der Waals surface area (Å²) >= 11 is 13.5. The summed E-state index contributed by atoms with van der Waals surface area (Å²) in [4.78, 5) is 31.6. The monoisotopic (exact) mass is 448 g/mol. The molecule has 1 aromatic carbocycles. The molecular formula is C20H18Cl2N4O2S. The molecule has 1 N–H and O–H groups in total. The molecule has 9 heteroatoms. The third-order valence-corrected chi connectivity index (χ3v) is 6.68. The van der Waals surface area contributed by atoms with Crippen LogP contribution in [0.5, 0.6) is 0 Å². The number of aromatic nitrogens is 2. The van der Waals surface area contributed by atoms with E-state index < -0.39 is 5.91 Å². The number of carbonyl (C=O) groups is 1. The molecule has 0 fully saturated rings. The van der Waals surface area contributed by atoms with Crippen molar-refractivity contribution >= 4 is 56.9 Å². The van der Waals surface area contributed by atoms with Crippen LogP contribution in [0.15, 0.2) is 34.4 Å². The Balaban J connectivity index is 1.50. The zero-order valence-corrected chi connectivity index (χ0v) is 17.9. The molecule has 2 aromatic heterocycles. The summed E-state index contributed by atoms with van der Waals surface area (Å²) in [5.74, 6) is 0.197. The van der Waals surface area contributed by atoms with E-state index in [1.807, 2.05) is 0 Å². The molecule has 4 rings (SSSR count). The van der Waals surface area contributed by atoms with E-state index in [0.717, 1.165) is 29.7 Å². The number of hydrazone groups is 1. The molecule has 0 aliphatic heterocycles. The second kappa shape index (κ2) is 8.26. The number of nitrogens with zero attached hydrogens (tertiary/aromatic N) is 3. The average molecular weight is 449 g/mol. The number of rotatable bonds is 4. The highest BCUT2D eigenvalue weighted by Crippen LogP contribution is 2.35. The van der Waals surface area contributed by atoms with Gasteiger partial charge >= 0.3 is 0 Å². The minimum Gasteiger partial charge on any atom is -0.289 e. The molecule has 1 amide bonds. The van der Waals surface area contributed by atoms with Crippen LogP contribution in [-0.2, 0) is 24.2 Å². The predicted octanol–water partition coefficient (Wildman–Crippen LogP) is 4.04. The van der Waals surface area contributed by atoms with E-state index in [1.54, 1.807) is 29.5 Å². The molecular weight excluding hydrogens is 431 g/mol. The zero-order valence-electron chi connectivity index (χ0n) is 15.6. The molecule has 29 heavy (non-hydrogen) atoms. The maximum absolute atomic E-state index is 12.9. The van der Waals surface area contributed by atoms with Crippen LogP contribution in [-0.4, -0.2) is 21.7 Å². The van der Waals surface area contributed by atoms with Crippen LogP contribution in [0.2, 0.25) is 10.0 Å². The first kappa shape index (κ1) is 20.1. The number of fused-ring (bicyclic) bond motifs is 3. The van der Waals surface area contributed by atoms with Gasteiger partial charge in [0, 0.05) is 15.5 Å². The van der Waals surface area contributed by atoms with E-state index in [-0.39, 0.29) is 12.1 Å². The molecule has 0 bridgehead atoms. The van der Waals surface area contributed by atoms with Crippen molar-refractivity contribution in [3.63, 3.8) is 0 Å². The first-order valence-electron chi connectivity index (χ1n) is 9.19. The summed E-state index contributed by atoms with van der Waals surface area (Å²) in [6.07, 6.45) is 5.79. The summed E-state index contributed by atoms with van der Waals surface area (Å²) in [5, 5.41) is 5.50. The Kier molecular flexibility index (Phi) is 5.72. The van der Waals surface area contributed by atoms with Gasteiger partial charge in [-0.05, 0) is 42.9 Å². The van der Waals surface area contributed by atoms with Crippen LogP contribution >= 0.6 is 34.5 Å². The molecule has 1 aliphatic carbocycles. The third kappa shape index (κ3) is 4.22. The van der Waals surface area contributed by atoms with Gasteiger partial charge in [0.15, 0.2) is 0 Å². The van der Waals surface area contributed by atoms with Crippen LogP contribution < -0.4 is 11.0 Å². The van der Waals surface area contributed by atoms with Gasteiger partial charge in [-0.15, -0.1) is 11.3 Å². The van der Waals surface area contributed by atoms with Crippen molar-refractivity contribution in [2.24, 2.45) is 11.0 Å². The molecule has 6 nitrogen and oxygen atoms in total. The lowest BCUT2D eigenvalue weighted by molar-refractivity contribution is -0.121. The molecule has 150 valence electrons. The van der Waals surface area contributed by atoms with Crippen LogP contribution in [0.25, 0.3) is 10.2 Å². The van der Waals surface area contributed by atoms with Gasteiger partial charge in [0.05, 0.1) is 23.0 Å². The molecule has 0 saturated heterocycles. The molecule has 1 atom stereocenters. The lowest BCUT2D eigenvalue weighted by Gasteiger charge is -2.17. The van der Waals surface area contributed by atoms with Gasteiger partial charge in [0.25, 0.3) is 11.5 Å². The molecule has 0 saturated carbocycles. The van der Waals surface area contributed by atoms with Gasteiger partial charge in [0.1, 0.15) is 11.4 Å². The standard InChI is InChI=1S/C20H18Cl2N4O2S/c1-11-2-5-14-16(6-11)29-19-18(14)20(28)26(10-23-19)9-17(27)25-24-8-12-3-4-13(21)7-15(12)22/h3-4,7-8,10-11H,2,5-6,9H2,1H3,(H,25,27)/b24-8-/t11-/m1/s1. The fourth-order valence-corrected chi connectivity index (χ4v) is 5.25. The highest BCUT2D eigenvalue weighted by Gasteiger charge is 2.23. The van der Waals surface area contributed by atoms with Crippen molar-refractivity contribution in [2.75, 3.05) is 0 Å². The smallest absolute Gasteiger partial charge is 0.262 e. The summed E-state index contributed by atoms with van der Waals surface area (Å²) in [6.45, 7) is 2.07. The van der Waals surface area contributed by atoms with Crippen LogP contribution in [0.4, 0.5) is 0 Å². The highest BCUT2D eigenvalue weighted by molar-refractivity contribution is 7.18. The fourth-order valence-electron chi connectivity index (χ4n) is 3.45. The number of amides is 1. The summed E-state index contributed by atoms with van der Waals surface area (Å²) in [6, 6.07) is 4.97. The molecule has 0 unspecified atom stereocenters. The quantitative estimate of drug-likeness (QED) is 0.483. The van der Waals surface area contributed by atoms with E-state index >= 15 is 0 Å². The van der Waals surface area contributed by atoms with Gasteiger partial charge < -0.3 is 0 Å². The normalized spacial score (nSPS) is 16.3. The summed E-state index contributed by atoms with van der Waals surface area (Å²) < 4.78 is 1.33. The molecule has 3 aromatic rings. The average Bonchev–Trinajstić information content (AvgIpc) is 3.04.